The van der Waals surface area contributed by atoms with Gasteiger partial charge in [-0.1, -0.05) is 143 Å². The molecule has 0 spiro atoms. The SMILES string of the molecule is C.C#CN1C[C@@H](C)C1C(C)C.C#CN1C[C@@H](O)C1C(C)C.C#CN1C[C@@H](OC)CC1C(C)C.C#CN1C[C@@H](OC)CC1C(C)C.C#CN1C[C@H](C)C1C(C)C.C#CN1C[C@H](O)C1C(C)C. The number of nitrogens with zero attached hydrogens (tertiary/aromatic N) is 6. The average molecular weight is 903 g/mol. The number of rotatable bonds is 8. The molecule has 10 heteroatoms. The van der Waals surface area contributed by atoms with Gasteiger partial charge < -0.3 is 49.1 Å². The maximum absolute atomic E-state index is 9.24. The van der Waals surface area contributed by atoms with Gasteiger partial charge in [-0.05, 0) is 60.2 Å². The van der Waals surface area contributed by atoms with Gasteiger partial charge in [0.25, 0.3) is 0 Å². The molecule has 6 fully saturated rings. The van der Waals surface area contributed by atoms with Gasteiger partial charge in [0.2, 0.25) is 0 Å². The van der Waals surface area contributed by atoms with Crippen LogP contribution in [0.1, 0.15) is 117 Å². The first-order chi connectivity index (χ1) is 30.0. The van der Waals surface area contributed by atoms with Gasteiger partial charge >= 0.3 is 0 Å². The molecule has 0 aromatic rings. The van der Waals surface area contributed by atoms with Crippen LogP contribution in [0.4, 0.5) is 0 Å². The molecule has 0 radical (unpaired) electrons. The lowest BCUT2D eigenvalue weighted by Gasteiger charge is -2.46. The zero-order valence-corrected chi connectivity index (χ0v) is 42.9. The van der Waals surface area contributed by atoms with Gasteiger partial charge in [0.1, 0.15) is 0 Å². The van der Waals surface area contributed by atoms with E-state index in [1.165, 1.54) is 0 Å². The second kappa shape index (κ2) is 29.6. The predicted molar refractivity (Wildman–Crippen MR) is 273 cm³/mol. The number of methoxy groups -OCH3 is 2. The standard InChI is InChI=1S/2C10H17NO.2C9H15N.2C8H13NO.CH4/c2*1-5-11-7-9(12-4)6-10(11)8(2)3;2*1-5-10-6-8(4)9(10)7(2)3;2*1-4-9-5-7(10)8(9)6(2)3;/h2*1,8-10H,6-7H2,2-4H3;2*1,7-9H,6H2,2-4H3;2*1,6-8,10H,5H2,2-3H3;1H4/t2*9-,10?;2*8-,9?;2*7-,8?;/m001010./s1. The Morgan fingerprint density at radius 1 is 0.400 bits per heavy atom. The van der Waals surface area contributed by atoms with E-state index in [2.05, 4.69) is 153 Å². The fourth-order valence-corrected chi connectivity index (χ4v) is 10.2. The largest absolute Gasteiger partial charge is 0.389 e. The molecule has 0 aromatic heterocycles. The van der Waals surface area contributed by atoms with Crippen LogP contribution in [-0.2, 0) is 9.47 Å². The maximum Gasteiger partial charge on any atom is 0.0934 e. The smallest absolute Gasteiger partial charge is 0.0934 e. The molecule has 6 unspecified atom stereocenters. The highest BCUT2D eigenvalue weighted by Gasteiger charge is 2.40. The van der Waals surface area contributed by atoms with E-state index < -0.39 is 0 Å². The van der Waals surface area contributed by atoms with Gasteiger partial charge in [0.15, 0.2) is 0 Å². The Kier molecular flexibility index (Phi) is 27.8. The molecule has 0 aliphatic carbocycles. The highest BCUT2D eigenvalue weighted by molar-refractivity contribution is 5.06. The third kappa shape index (κ3) is 17.3. The average Bonchev–Trinajstić information content (AvgIpc) is 3.85. The van der Waals surface area contributed by atoms with Crippen LogP contribution >= 0.6 is 0 Å². The Bertz CT molecular complexity index is 1390. The molecule has 12 atom stereocenters. The lowest BCUT2D eigenvalue weighted by molar-refractivity contribution is -0.0460. The molecule has 10 nitrogen and oxygen atoms in total. The van der Waals surface area contributed by atoms with Crippen molar-refractivity contribution in [3.05, 3.63) is 0 Å². The van der Waals surface area contributed by atoms with Crippen LogP contribution in [0, 0.1) is 122 Å². The first-order valence-corrected chi connectivity index (χ1v) is 23.8. The topological polar surface area (TPSA) is 78.4 Å². The monoisotopic (exact) mass is 903 g/mol. The minimum Gasteiger partial charge on any atom is -0.389 e. The van der Waals surface area contributed by atoms with Crippen molar-refractivity contribution in [1.82, 2.24) is 29.4 Å². The number of ether oxygens (including phenoxy) is 2. The van der Waals surface area contributed by atoms with Gasteiger partial charge in [-0.3, -0.25) is 0 Å². The van der Waals surface area contributed by atoms with Crippen molar-refractivity contribution in [2.75, 3.05) is 53.5 Å². The normalized spacial score (nSPS) is 30.4. The molecule has 6 aliphatic heterocycles. The van der Waals surface area contributed by atoms with Crippen molar-refractivity contribution < 1.29 is 19.7 Å². The van der Waals surface area contributed by atoms with E-state index in [9.17, 15) is 10.2 Å². The van der Waals surface area contributed by atoms with Crippen LogP contribution in [0.25, 0.3) is 0 Å². The summed E-state index contributed by atoms with van der Waals surface area (Å²) in [5, 5.41) is 18.5. The van der Waals surface area contributed by atoms with Crippen molar-refractivity contribution in [1.29, 1.82) is 0 Å². The number of hydrogen-bond acceptors (Lipinski definition) is 10. The summed E-state index contributed by atoms with van der Waals surface area (Å²) in [5.74, 6) is 5.08. The molecule has 368 valence electrons. The van der Waals surface area contributed by atoms with Gasteiger partial charge in [0.05, 0.1) is 62.7 Å². The molecule has 0 saturated carbocycles. The van der Waals surface area contributed by atoms with Crippen molar-refractivity contribution in [3.8, 4) is 74.8 Å². The Labute approximate surface area is 401 Å². The summed E-state index contributed by atoms with van der Waals surface area (Å²) in [4.78, 5) is 12.0. The zero-order chi connectivity index (χ0) is 49.2. The highest BCUT2D eigenvalue weighted by atomic mass is 16.5. The third-order valence-corrected chi connectivity index (χ3v) is 13.7. The highest BCUT2D eigenvalue weighted by Crippen LogP contribution is 2.30. The van der Waals surface area contributed by atoms with Crippen molar-refractivity contribution in [2.45, 2.75) is 178 Å². The number of terminal acetylenes is 6. The number of hydrogen-bond donors (Lipinski definition) is 2. The summed E-state index contributed by atoms with van der Waals surface area (Å²) in [5.41, 5.74) is 0. The molecule has 6 heterocycles. The number of aliphatic hydroxyl groups is 2. The minimum atomic E-state index is -0.212. The lowest BCUT2D eigenvalue weighted by atomic mass is 9.83. The second-order valence-electron chi connectivity index (χ2n) is 20.5. The third-order valence-electron chi connectivity index (χ3n) is 13.7. The lowest BCUT2D eigenvalue weighted by Crippen LogP contribution is -2.59. The fourth-order valence-electron chi connectivity index (χ4n) is 10.2. The summed E-state index contributed by atoms with van der Waals surface area (Å²) in [7, 11) is 3.50. The van der Waals surface area contributed by atoms with E-state index in [1.54, 1.807) is 14.2 Å². The zero-order valence-electron chi connectivity index (χ0n) is 42.9. The van der Waals surface area contributed by atoms with Gasteiger partial charge in [-0.15, -0.1) is 0 Å². The summed E-state index contributed by atoms with van der Waals surface area (Å²) in [6, 6.07) is 18.5. The van der Waals surface area contributed by atoms with Gasteiger partial charge in [-0.2, -0.15) is 0 Å². The van der Waals surface area contributed by atoms with Gasteiger partial charge in [-0.25, -0.2) is 0 Å². The number of aliphatic hydroxyl groups excluding tert-OH is 2. The van der Waals surface area contributed by atoms with Crippen LogP contribution < -0.4 is 0 Å². The van der Waals surface area contributed by atoms with Crippen LogP contribution in [0.3, 0.4) is 0 Å². The Morgan fingerprint density at radius 3 is 0.769 bits per heavy atom. The van der Waals surface area contributed by atoms with Crippen molar-refractivity contribution >= 4 is 0 Å². The van der Waals surface area contributed by atoms with E-state index in [4.69, 9.17) is 48.0 Å². The van der Waals surface area contributed by atoms with E-state index in [0.29, 0.717) is 85.0 Å². The second-order valence-corrected chi connectivity index (χ2v) is 20.5. The molecule has 6 saturated heterocycles. The summed E-state index contributed by atoms with van der Waals surface area (Å²) >= 11 is 0. The van der Waals surface area contributed by atoms with Crippen LogP contribution in [0.15, 0.2) is 0 Å². The van der Waals surface area contributed by atoms with E-state index >= 15 is 0 Å². The molecule has 0 bridgehead atoms. The van der Waals surface area contributed by atoms with E-state index in [1.807, 2.05) is 9.80 Å². The summed E-state index contributed by atoms with van der Waals surface area (Å²) < 4.78 is 10.6. The van der Waals surface area contributed by atoms with Gasteiger partial charge in [0, 0.05) is 87.7 Å². The molecule has 6 aliphatic rings. The predicted octanol–water partition coefficient (Wildman–Crippen LogP) is 6.94. The Balaban J connectivity index is 0.000000755. The van der Waals surface area contributed by atoms with E-state index in [-0.39, 0.29) is 31.7 Å². The van der Waals surface area contributed by atoms with Crippen LogP contribution in [0.2, 0.25) is 0 Å². The molecule has 0 aromatic carbocycles. The van der Waals surface area contributed by atoms with Crippen molar-refractivity contribution in [2.24, 2.45) is 47.3 Å². The quantitative estimate of drug-likeness (QED) is 0.251. The molecule has 6 rings (SSSR count). The summed E-state index contributed by atoms with van der Waals surface area (Å²) in [6.45, 7) is 35.7. The maximum atomic E-state index is 9.24. The van der Waals surface area contributed by atoms with Crippen LogP contribution in [0.5, 0.6) is 0 Å². The Hall–Kier alpha value is -4.00. The minimum absolute atomic E-state index is 0. The number of β-amino-alcohol motifs (C(OH)–C–C–N with tert-alkyl or cyclic N) is 2. The van der Waals surface area contributed by atoms with Crippen molar-refractivity contribution in [3.63, 3.8) is 0 Å². The Morgan fingerprint density at radius 2 is 0.646 bits per heavy atom. The first-order valence-electron chi connectivity index (χ1n) is 23.8. The molecular weight excluding hydrogens is 809 g/mol. The van der Waals surface area contributed by atoms with E-state index in [0.717, 1.165) is 50.9 Å². The summed E-state index contributed by atoms with van der Waals surface area (Å²) in [6.07, 6.45) is 34.1. The molecule has 2 N–H and O–H groups in total. The molecule has 65 heavy (non-hydrogen) atoms. The molecule has 0 amide bonds. The van der Waals surface area contributed by atoms with Crippen LogP contribution in [-0.4, -0.2) is 154 Å². The molecular formula is C55H94N6O4. The fraction of sp³-hybridized carbons (Fsp3) is 0.782. The number of likely N-dealkylation sites (tertiary alicyclic amines) is 6. The first kappa shape index (κ1) is 61.0.